The molecule has 0 saturated heterocycles. The largest absolute Gasteiger partial charge is 0.493 e. The third-order valence-corrected chi connectivity index (χ3v) is 2.37. The van der Waals surface area contributed by atoms with Crippen LogP contribution in [0, 0.1) is 5.82 Å². The van der Waals surface area contributed by atoms with Crippen LogP contribution in [-0.4, -0.2) is 18.8 Å². The normalized spacial score (nSPS) is 11.6. The number of nitrogens with one attached hydrogen (secondary N) is 1. The van der Waals surface area contributed by atoms with Crippen molar-refractivity contribution >= 4 is 0 Å². The molecule has 2 nitrogen and oxygen atoms in total. The summed E-state index contributed by atoms with van der Waals surface area (Å²) in [6.07, 6.45) is 0.351. The van der Waals surface area contributed by atoms with Gasteiger partial charge in [-0.1, -0.05) is 0 Å². The Morgan fingerprint density at radius 1 is 1.28 bits per heavy atom. The second-order valence-electron chi connectivity index (χ2n) is 5.25. The van der Waals surface area contributed by atoms with Crippen molar-refractivity contribution in [1.82, 2.24) is 5.32 Å². The monoisotopic (exact) mass is 257 g/mol. The zero-order valence-corrected chi connectivity index (χ0v) is 11.2. The van der Waals surface area contributed by atoms with E-state index >= 15 is 0 Å². The maximum absolute atomic E-state index is 13.2. The van der Waals surface area contributed by atoms with Gasteiger partial charge in [-0.3, -0.25) is 4.39 Å². The number of hydrogen-bond donors (Lipinski definition) is 1. The van der Waals surface area contributed by atoms with Gasteiger partial charge in [-0.2, -0.15) is 0 Å². The second kappa shape index (κ2) is 6.69. The van der Waals surface area contributed by atoms with Crippen LogP contribution in [0.3, 0.4) is 0 Å². The van der Waals surface area contributed by atoms with Crippen LogP contribution in [0.1, 0.15) is 32.8 Å². The van der Waals surface area contributed by atoms with Crippen LogP contribution >= 0.6 is 0 Å². The molecule has 4 heteroatoms. The van der Waals surface area contributed by atoms with Crippen LogP contribution in [0.5, 0.6) is 5.75 Å². The quantitative estimate of drug-likeness (QED) is 0.788. The van der Waals surface area contributed by atoms with E-state index in [1.54, 1.807) is 6.07 Å². The van der Waals surface area contributed by atoms with E-state index in [0.29, 0.717) is 25.3 Å². The summed E-state index contributed by atoms with van der Waals surface area (Å²) in [5.41, 5.74) is 0.700. The lowest BCUT2D eigenvalue weighted by molar-refractivity contribution is 0.285. The molecule has 0 fully saturated rings. The Morgan fingerprint density at radius 3 is 2.61 bits per heavy atom. The Kier molecular flexibility index (Phi) is 5.54. The summed E-state index contributed by atoms with van der Waals surface area (Å²) in [6, 6.07) is 4.39. The summed E-state index contributed by atoms with van der Waals surface area (Å²) >= 11 is 0. The zero-order chi connectivity index (χ0) is 13.6. The molecule has 18 heavy (non-hydrogen) atoms. The van der Waals surface area contributed by atoms with E-state index in [-0.39, 0.29) is 11.4 Å². The lowest BCUT2D eigenvalue weighted by Crippen LogP contribution is -2.35. The molecule has 0 aromatic heterocycles. The Balaban J connectivity index is 2.70. The molecule has 0 saturated carbocycles. The second-order valence-corrected chi connectivity index (χ2v) is 5.25. The van der Waals surface area contributed by atoms with E-state index < -0.39 is 6.67 Å². The standard InChI is InChI=1S/C14H21F2NO/c1-14(2,3)17-10-11-9-12(16)5-6-13(11)18-8-4-7-15/h5-6,9,17H,4,7-8,10H2,1-3H3. The SMILES string of the molecule is CC(C)(C)NCc1cc(F)ccc1OCCCF. The zero-order valence-electron chi connectivity index (χ0n) is 11.2. The fourth-order valence-electron chi connectivity index (χ4n) is 1.42. The molecule has 1 aromatic rings. The molecule has 0 spiro atoms. The molecule has 0 bridgehead atoms. The number of benzene rings is 1. The highest BCUT2D eigenvalue weighted by Crippen LogP contribution is 2.20. The number of alkyl halides is 1. The smallest absolute Gasteiger partial charge is 0.123 e. The third-order valence-electron chi connectivity index (χ3n) is 2.37. The Morgan fingerprint density at radius 2 is 2.00 bits per heavy atom. The van der Waals surface area contributed by atoms with Crippen LogP contribution in [0.25, 0.3) is 0 Å². The van der Waals surface area contributed by atoms with Crippen molar-refractivity contribution in [3.05, 3.63) is 29.6 Å². The molecule has 0 atom stereocenters. The van der Waals surface area contributed by atoms with E-state index in [1.807, 2.05) is 20.8 Å². The molecule has 102 valence electrons. The summed E-state index contributed by atoms with van der Waals surface area (Å²) < 4.78 is 30.7. The summed E-state index contributed by atoms with van der Waals surface area (Å²) in [5, 5.41) is 3.28. The average Bonchev–Trinajstić information content (AvgIpc) is 2.28. The number of hydrogen-bond acceptors (Lipinski definition) is 2. The molecule has 0 aliphatic rings. The van der Waals surface area contributed by atoms with E-state index in [9.17, 15) is 8.78 Å². The third kappa shape index (κ3) is 5.45. The van der Waals surface area contributed by atoms with Gasteiger partial charge in [0, 0.05) is 24.1 Å². The summed E-state index contributed by atoms with van der Waals surface area (Å²) in [5.74, 6) is 0.320. The number of ether oxygens (including phenoxy) is 1. The minimum atomic E-state index is -0.406. The fraction of sp³-hybridized carbons (Fsp3) is 0.571. The highest BCUT2D eigenvalue weighted by atomic mass is 19.1. The highest BCUT2D eigenvalue weighted by Gasteiger charge is 2.11. The molecule has 1 N–H and O–H groups in total. The predicted octanol–water partition coefficient (Wildman–Crippen LogP) is 3.45. The van der Waals surface area contributed by atoms with E-state index in [1.165, 1.54) is 12.1 Å². The first kappa shape index (κ1) is 14.9. The van der Waals surface area contributed by atoms with Gasteiger partial charge < -0.3 is 10.1 Å². The maximum atomic E-state index is 13.2. The van der Waals surface area contributed by atoms with Gasteiger partial charge in [0.2, 0.25) is 0 Å². The van der Waals surface area contributed by atoms with Crippen molar-refractivity contribution in [2.75, 3.05) is 13.3 Å². The predicted molar refractivity (Wildman–Crippen MR) is 69.1 cm³/mol. The van der Waals surface area contributed by atoms with E-state index in [2.05, 4.69) is 5.32 Å². The van der Waals surface area contributed by atoms with E-state index in [4.69, 9.17) is 4.74 Å². The molecule has 0 unspecified atom stereocenters. The summed E-state index contributed by atoms with van der Waals surface area (Å²) in [7, 11) is 0. The molecule has 0 aliphatic heterocycles. The number of halogens is 2. The fourth-order valence-corrected chi connectivity index (χ4v) is 1.42. The van der Waals surface area contributed by atoms with Gasteiger partial charge >= 0.3 is 0 Å². The van der Waals surface area contributed by atoms with Crippen LogP contribution in [0.15, 0.2) is 18.2 Å². The Hall–Kier alpha value is -1.16. The summed E-state index contributed by atoms with van der Waals surface area (Å²) in [4.78, 5) is 0. The van der Waals surface area contributed by atoms with Crippen molar-refractivity contribution in [3.63, 3.8) is 0 Å². The van der Waals surface area contributed by atoms with Gasteiger partial charge in [0.1, 0.15) is 11.6 Å². The lowest BCUT2D eigenvalue weighted by Gasteiger charge is -2.21. The Labute approximate surface area is 107 Å². The van der Waals surface area contributed by atoms with Crippen molar-refractivity contribution < 1.29 is 13.5 Å². The van der Waals surface area contributed by atoms with E-state index in [0.717, 1.165) is 5.56 Å². The first-order valence-corrected chi connectivity index (χ1v) is 6.14. The molecule has 0 radical (unpaired) electrons. The van der Waals surface area contributed by atoms with Crippen molar-refractivity contribution in [2.45, 2.75) is 39.3 Å². The van der Waals surface area contributed by atoms with Gasteiger partial charge in [0.25, 0.3) is 0 Å². The van der Waals surface area contributed by atoms with Crippen LogP contribution in [0.4, 0.5) is 8.78 Å². The lowest BCUT2D eigenvalue weighted by atomic mass is 10.1. The summed E-state index contributed by atoms with van der Waals surface area (Å²) in [6.45, 7) is 6.54. The topological polar surface area (TPSA) is 21.3 Å². The minimum absolute atomic E-state index is 0.0530. The molecular formula is C14H21F2NO. The van der Waals surface area contributed by atoms with Crippen LogP contribution < -0.4 is 10.1 Å². The van der Waals surface area contributed by atoms with Crippen molar-refractivity contribution in [3.8, 4) is 5.75 Å². The molecule has 0 amide bonds. The number of rotatable bonds is 6. The van der Waals surface area contributed by atoms with Gasteiger partial charge in [-0.15, -0.1) is 0 Å². The average molecular weight is 257 g/mol. The van der Waals surface area contributed by atoms with Crippen LogP contribution in [0.2, 0.25) is 0 Å². The Bertz CT molecular complexity index is 375. The minimum Gasteiger partial charge on any atom is -0.493 e. The molecular weight excluding hydrogens is 236 g/mol. The van der Waals surface area contributed by atoms with Gasteiger partial charge in [0.05, 0.1) is 13.3 Å². The molecule has 0 aliphatic carbocycles. The molecule has 0 heterocycles. The van der Waals surface area contributed by atoms with Crippen molar-refractivity contribution in [2.24, 2.45) is 0 Å². The van der Waals surface area contributed by atoms with Crippen LogP contribution in [-0.2, 0) is 6.54 Å². The molecule has 1 aromatic carbocycles. The molecule has 1 rings (SSSR count). The maximum Gasteiger partial charge on any atom is 0.123 e. The van der Waals surface area contributed by atoms with Gasteiger partial charge in [0.15, 0.2) is 0 Å². The first-order valence-electron chi connectivity index (χ1n) is 6.14. The van der Waals surface area contributed by atoms with Gasteiger partial charge in [-0.05, 0) is 39.0 Å². The van der Waals surface area contributed by atoms with Gasteiger partial charge in [-0.25, -0.2) is 4.39 Å². The highest BCUT2D eigenvalue weighted by molar-refractivity contribution is 5.34. The van der Waals surface area contributed by atoms with Crippen molar-refractivity contribution in [1.29, 1.82) is 0 Å². The first-order chi connectivity index (χ1) is 8.42.